The Hall–Kier alpha value is -1.61. The Kier molecular flexibility index (Phi) is 3.62. The summed E-state index contributed by atoms with van der Waals surface area (Å²) in [5.41, 5.74) is 2.20. The van der Waals surface area contributed by atoms with Gasteiger partial charge in [0.2, 0.25) is 0 Å². The van der Waals surface area contributed by atoms with Crippen molar-refractivity contribution >= 4 is 23.9 Å². The minimum atomic E-state index is -3.68. The maximum atomic E-state index is 11.8. The zero-order valence-corrected chi connectivity index (χ0v) is 12.0. The van der Waals surface area contributed by atoms with E-state index in [1.165, 1.54) is 0 Å². The number of benzene rings is 2. The zero-order valence-electron chi connectivity index (χ0n) is 10.3. The summed E-state index contributed by atoms with van der Waals surface area (Å²) >= 11 is 5.67. The Morgan fingerprint density at radius 1 is 1.00 bits per heavy atom. The Bertz CT molecular complexity index is 675. The van der Waals surface area contributed by atoms with Crippen LogP contribution in [-0.4, -0.2) is 5.71 Å². The van der Waals surface area contributed by atoms with E-state index >= 15 is 0 Å². The fourth-order valence-corrected chi connectivity index (χ4v) is 3.02. The fraction of sp³-hybridized carbons (Fsp3) is 0.0714. The lowest BCUT2D eigenvalue weighted by Crippen LogP contribution is -2.19. The molecule has 2 aromatic carbocycles. The van der Waals surface area contributed by atoms with Gasteiger partial charge in [0.05, 0.1) is 0 Å². The molecule has 0 amide bonds. The second-order valence-electron chi connectivity index (χ2n) is 4.25. The third-order valence-corrected chi connectivity index (χ3v) is 4.05. The lowest BCUT2D eigenvalue weighted by atomic mass is 9.99. The Morgan fingerprint density at radius 2 is 1.60 bits per heavy atom. The van der Waals surface area contributed by atoms with Crippen molar-refractivity contribution in [2.24, 2.45) is 5.16 Å². The first-order valence-corrected chi connectivity index (χ1v) is 8.46. The van der Waals surface area contributed by atoms with Gasteiger partial charge in [-0.2, -0.15) is 0 Å². The number of hydrogen-bond donors (Lipinski definition) is 0. The molecule has 1 aliphatic rings. The van der Waals surface area contributed by atoms with Crippen LogP contribution in [-0.2, 0) is 13.7 Å². The lowest BCUT2D eigenvalue weighted by molar-refractivity contribution is 0.176. The smallest absolute Gasteiger partial charge is 0.301 e. The molecular weight excluding hydrogens is 297 g/mol. The molecule has 4 nitrogen and oxygen atoms in total. The van der Waals surface area contributed by atoms with Gasteiger partial charge in [-0.15, -0.1) is 0 Å². The Labute approximate surface area is 121 Å². The minimum Gasteiger partial charge on any atom is -0.301 e. The van der Waals surface area contributed by atoms with Gasteiger partial charge in [-0.25, -0.2) is 4.57 Å². The average molecular weight is 308 g/mol. The second-order valence-corrected chi connectivity index (χ2v) is 6.73. The molecule has 0 saturated heterocycles. The summed E-state index contributed by atoms with van der Waals surface area (Å²) in [5.74, 6) is 0. The molecule has 0 radical (unpaired) electrons. The normalized spacial score (nSPS) is 25.6. The van der Waals surface area contributed by atoms with Crippen LogP contribution in [0.25, 0.3) is 0 Å². The highest BCUT2D eigenvalue weighted by Crippen LogP contribution is 2.59. The van der Waals surface area contributed by atoms with Crippen LogP contribution in [0.4, 0.5) is 0 Å². The summed E-state index contributed by atoms with van der Waals surface area (Å²) in [6, 6.07) is 18.8. The second kappa shape index (κ2) is 5.41. The van der Waals surface area contributed by atoms with E-state index in [9.17, 15) is 4.57 Å². The summed E-state index contributed by atoms with van der Waals surface area (Å²) in [6.45, 7) is -3.68. The van der Waals surface area contributed by atoms with E-state index < -0.39 is 13.1 Å². The molecule has 0 N–H and O–H groups in total. The molecule has 1 heterocycles. The number of hydrogen-bond acceptors (Lipinski definition) is 4. The van der Waals surface area contributed by atoms with E-state index in [2.05, 4.69) is 5.16 Å². The molecule has 6 heteroatoms. The van der Waals surface area contributed by atoms with E-state index in [0.717, 1.165) is 11.1 Å². The van der Waals surface area contributed by atoms with Crippen LogP contribution in [0.2, 0.25) is 0 Å². The van der Waals surface area contributed by atoms with Gasteiger partial charge >= 0.3 is 6.95 Å². The van der Waals surface area contributed by atoms with Crippen molar-refractivity contribution in [2.75, 3.05) is 0 Å². The van der Waals surface area contributed by atoms with E-state index in [1.54, 1.807) is 0 Å². The molecule has 2 atom stereocenters. The maximum absolute atomic E-state index is 11.8. The Balaban J connectivity index is 2.06. The van der Waals surface area contributed by atoms with Gasteiger partial charge in [-0.05, 0) is 5.56 Å². The van der Waals surface area contributed by atoms with E-state index in [0.29, 0.717) is 5.71 Å². The largest absolute Gasteiger partial charge is 0.497 e. The summed E-state index contributed by atoms with van der Waals surface area (Å²) in [7, 11) is 0. The molecule has 3 rings (SSSR count). The van der Waals surface area contributed by atoms with Crippen LogP contribution < -0.4 is 0 Å². The van der Waals surface area contributed by atoms with Crippen LogP contribution in [0.15, 0.2) is 65.8 Å². The minimum absolute atomic E-state index is 0.545. The molecule has 0 fully saturated rings. The van der Waals surface area contributed by atoms with Gasteiger partial charge in [0, 0.05) is 16.8 Å². The van der Waals surface area contributed by atoms with Crippen LogP contribution in [0.1, 0.15) is 17.2 Å². The molecule has 20 heavy (non-hydrogen) atoms. The molecule has 0 spiro atoms. The predicted octanol–water partition coefficient (Wildman–Crippen LogP) is 4.53. The van der Waals surface area contributed by atoms with Crippen LogP contribution in [0.5, 0.6) is 0 Å². The first kappa shape index (κ1) is 13.4. The van der Waals surface area contributed by atoms with Crippen LogP contribution in [0.3, 0.4) is 0 Å². The fourth-order valence-electron chi connectivity index (χ4n) is 2.00. The summed E-state index contributed by atoms with van der Waals surface area (Å²) in [5, 5.41) is 3.91. The van der Waals surface area contributed by atoms with Crippen LogP contribution in [0, 0.1) is 0 Å². The van der Waals surface area contributed by atoms with Crippen molar-refractivity contribution in [1.29, 1.82) is 0 Å². The monoisotopic (exact) mass is 307 g/mol. The number of nitrogens with zero attached hydrogens (tertiary/aromatic N) is 1. The summed E-state index contributed by atoms with van der Waals surface area (Å²) < 4.78 is 22.0. The van der Waals surface area contributed by atoms with Gasteiger partial charge in [-0.3, -0.25) is 4.52 Å². The van der Waals surface area contributed by atoms with Crippen molar-refractivity contribution in [1.82, 2.24) is 0 Å². The third-order valence-electron chi connectivity index (χ3n) is 2.89. The summed E-state index contributed by atoms with van der Waals surface area (Å²) in [4.78, 5) is 0. The van der Waals surface area contributed by atoms with E-state index in [1.807, 2.05) is 60.7 Å². The van der Waals surface area contributed by atoms with Crippen molar-refractivity contribution in [3.63, 3.8) is 0 Å². The predicted molar refractivity (Wildman–Crippen MR) is 77.8 cm³/mol. The molecule has 0 aliphatic carbocycles. The highest BCUT2D eigenvalue weighted by Gasteiger charge is 2.37. The Morgan fingerprint density at radius 3 is 2.25 bits per heavy atom. The third kappa shape index (κ3) is 2.78. The van der Waals surface area contributed by atoms with Gasteiger partial charge in [-0.1, -0.05) is 65.8 Å². The molecule has 0 saturated carbocycles. The lowest BCUT2D eigenvalue weighted by Gasteiger charge is -2.25. The molecule has 0 aromatic heterocycles. The summed E-state index contributed by atoms with van der Waals surface area (Å²) in [6.07, 6.45) is -0.615. The number of halogens is 1. The average Bonchev–Trinajstić information content (AvgIpc) is 2.48. The quantitative estimate of drug-likeness (QED) is 0.766. The van der Waals surface area contributed by atoms with E-state index in [-0.39, 0.29) is 0 Å². The highest BCUT2D eigenvalue weighted by molar-refractivity contribution is 7.81. The van der Waals surface area contributed by atoms with Crippen LogP contribution >= 0.6 is 18.2 Å². The standard InChI is InChI=1S/C14H11ClNO3P/c15-20(17)18-14(12-9-5-2-6-10-12)13(16-19-20)11-7-3-1-4-8-11/h1-10,14H. The first-order chi connectivity index (χ1) is 9.66. The molecule has 102 valence electrons. The van der Waals surface area contributed by atoms with Crippen molar-refractivity contribution in [3.05, 3.63) is 71.8 Å². The first-order valence-electron chi connectivity index (χ1n) is 6.01. The zero-order chi connectivity index (χ0) is 14.0. The molecule has 0 bridgehead atoms. The van der Waals surface area contributed by atoms with Gasteiger partial charge in [0.15, 0.2) is 0 Å². The van der Waals surface area contributed by atoms with Gasteiger partial charge < -0.3 is 4.62 Å². The van der Waals surface area contributed by atoms with Crippen molar-refractivity contribution in [2.45, 2.75) is 6.10 Å². The molecule has 1 aliphatic heterocycles. The molecule has 2 unspecified atom stereocenters. The highest BCUT2D eigenvalue weighted by atomic mass is 35.7. The van der Waals surface area contributed by atoms with Crippen molar-refractivity contribution < 1.29 is 13.7 Å². The molecular formula is C14H11ClNO3P. The molecule has 2 aromatic rings. The maximum Gasteiger partial charge on any atom is 0.497 e. The topological polar surface area (TPSA) is 47.9 Å². The number of oxime groups is 1. The SMILES string of the molecule is O=P1(Cl)ON=C(c2ccccc2)C(c2ccccc2)O1. The van der Waals surface area contributed by atoms with Gasteiger partial charge in [0.1, 0.15) is 11.8 Å². The van der Waals surface area contributed by atoms with Crippen molar-refractivity contribution in [3.8, 4) is 0 Å². The van der Waals surface area contributed by atoms with E-state index in [4.69, 9.17) is 20.4 Å². The number of rotatable bonds is 2. The van der Waals surface area contributed by atoms with Gasteiger partial charge in [0.25, 0.3) is 0 Å².